The summed E-state index contributed by atoms with van der Waals surface area (Å²) in [7, 11) is 0. The Bertz CT molecular complexity index is 300. The third kappa shape index (κ3) is 3.88. The molecule has 1 saturated heterocycles. The molecule has 6 nitrogen and oxygen atoms in total. The second-order valence-corrected chi connectivity index (χ2v) is 3.77. The molecule has 1 amide bonds. The van der Waals surface area contributed by atoms with E-state index in [4.69, 9.17) is 9.47 Å². The average Bonchev–Trinajstić information content (AvgIpc) is 2.60. The van der Waals surface area contributed by atoms with E-state index in [1.54, 1.807) is 13.8 Å². The SMILES string of the molecule is CC(C)OC(=O)CNC(=O)[C@H]1CCC(=O)O1. The van der Waals surface area contributed by atoms with Gasteiger partial charge in [-0.2, -0.15) is 0 Å². The lowest BCUT2D eigenvalue weighted by atomic mass is 10.2. The molecule has 6 heteroatoms. The highest BCUT2D eigenvalue weighted by Crippen LogP contribution is 2.13. The van der Waals surface area contributed by atoms with Crippen LogP contribution >= 0.6 is 0 Å². The first-order valence-electron chi connectivity index (χ1n) is 5.15. The summed E-state index contributed by atoms with van der Waals surface area (Å²) in [5.41, 5.74) is 0. The molecule has 0 bridgehead atoms. The van der Waals surface area contributed by atoms with Crippen LogP contribution < -0.4 is 5.32 Å². The van der Waals surface area contributed by atoms with Crippen LogP contribution in [-0.2, 0) is 23.9 Å². The minimum atomic E-state index is -0.764. The fourth-order valence-electron chi connectivity index (χ4n) is 1.29. The van der Waals surface area contributed by atoms with Crippen molar-refractivity contribution in [1.82, 2.24) is 5.32 Å². The van der Waals surface area contributed by atoms with E-state index >= 15 is 0 Å². The van der Waals surface area contributed by atoms with Crippen LogP contribution in [0, 0.1) is 0 Å². The van der Waals surface area contributed by atoms with Gasteiger partial charge in [0.2, 0.25) is 0 Å². The van der Waals surface area contributed by atoms with Gasteiger partial charge in [0.05, 0.1) is 6.10 Å². The molecular formula is C10H15NO5. The molecule has 0 saturated carbocycles. The van der Waals surface area contributed by atoms with Gasteiger partial charge in [0, 0.05) is 12.8 Å². The highest BCUT2D eigenvalue weighted by molar-refractivity contribution is 5.88. The van der Waals surface area contributed by atoms with Crippen LogP contribution in [0.5, 0.6) is 0 Å². The minimum absolute atomic E-state index is 0.203. The van der Waals surface area contributed by atoms with Crippen molar-refractivity contribution in [1.29, 1.82) is 0 Å². The molecule has 0 radical (unpaired) electrons. The Labute approximate surface area is 93.3 Å². The van der Waals surface area contributed by atoms with Gasteiger partial charge in [-0.3, -0.25) is 14.4 Å². The first-order chi connectivity index (χ1) is 7.49. The molecule has 90 valence electrons. The van der Waals surface area contributed by atoms with E-state index in [9.17, 15) is 14.4 Å². The van der Waals surface area contributed by atoms with Crippen molar-refractivity contribution in [2.75, 3.05) is 6.54 Å². The lowest BCUT2D eigenvalue weighted by Gasteiger charge is -2.11. The van der Waals surface area contributed by atoms with Crippen LogP contribution in [0.3, 0.4) is 0 Å². The molecule has 1 N–H and O–H groups in total. The van der Waals surface area contributed by atoms with Gasteiger partial charge in [-0.1, -0.05) is 0 Å². The number of carbonyl (C=O) groups is 3. The standard InChI is InChI=1S/C10H15NO5/c1-6(2)15-9(13)5-11-10(14)7-3-4-8(12)16-7/h6-7H,3-5H2,1-2H3,(H,11,14)/t7-/m1/s1. The third-order valence-electron chi connectivity index (χ3n) is 1.95. The van der Waals surface area contributed by atoms with Crippen LogP contribution in [0.4, 0.5) is 0 Å². The third-order valence-corrected chi connectivity index (χ3v) is 1.95. The van der Waals surface area contributed by atoms with Crippen LogP contribution in [0.2, 0.25) is 0 Å². The van der Waals surface area contributed by atoms with E-state index in [1.165, 1.54) is 0 Å². The van der Waals surface area contributed by atoms with Gasteiger partial charge < -0.3 is 14.8 Å². The number of rotatable bonds is 4. The Morgan fingerprint density at radius 1 is 1.56 bits per heavy atom. The first-order valence-corrected chi connectivity index (χ1v) is 5.15. The predicted molar refractivity (Wildman–Crippen MR) is 53.4 cm³/mol. The summed E-state index contributed by atoms with van der Waals surface area (Å²) in [6, 6.07) is 0. The fourth-order valence-corrected chi connectivity index (χ4v) is 1.29. The summed E-state index contributed by atoms with van der Waals surface area (Å²) in [4.78, 5) is 33.2. The van der Waals surface area contributed by atoms with Crippen LogP contribution in [0.1, 0.15) is 26.7 Å². The summed E-state index contributed by atoms with van der Waals surface area (Å²) < 4.78 is 9.56. The van der Waals surface area contributed by atoms with E-state index < -0.39 is 18.0 Å². The molecule has 1 fully saturated rings. The zero-order valence-corrected chi connectivity index (χ0v) is 9.32. The summed E-state index contributed by atoms with van der Waals surface area (Å²) in [6.07, 6.45) is -0.369. The van der Waals surface area contributed by atoms with Crippen molar-refractivity contribution < 1.29 is 23.9 Å². The lowest BCUT2D eigenvalue weighted by Crippen LogP contribution is -2.38. The average molecular weight is 229 g/mol. The van der Waals surface area contributed by atoms with E-state index in [-0.39, 0.29) is 25.0 Å². The molecule has 0 aromatic carbocycles. The zero-order chi connectivity index (χ0) is 12.1. The fraction of sp³-hybridized carbons (Fsp3) is 0.700. The Morgan fingerprint density at radius 3 is 2.75 bits per heavy atom. The number of hydrogen-bond donors (Lipinski definition) is 1. The van der Waals surface area contributed by atoms with E-state index in [0.29, 0.717) is 6.42 Å². The van der Waals surface area contributed by atoms with Crippen molar-refractivity contribution in [3.05, 3.63) is 0 Å². The van der Waals surface area contributed by atoms with Crippen molar-refractivity contribution in [3.63, 3.8) is 0 Å². The molecule has 1 aliphatic heterocycles. The van der Waals surface area contributed by atoms with Gasteiger partial charge in [-0.05, 0) is 13.8 Å². The van der Waals surface area contributed by atoms with Gasteiger partial charge in [0.25, 0.3) is 5.91 Å². The van der Waals surface area contributed by atoms with Crippen LogP contribution in [0.15, 0.2) is 0 Å². The molecular weight excluding hydrogens is 214 g/mol. The van der Waals surface area contributed by atoms with E-state index in [2.05, 4.69) is 5.32 Å². The summed E-state index contributed by atoms with van der Waals surface area (Å²) in [6.45, 7) is 3.24. The monoisotopic (exact) mass is 229 g/mol. The molecule has 1 atom stereocenters. The van der Waals surface area contributed by atoms with Gasteiger partial charge in [-0.15, -0.1) is 0 Å². The quantitative estimate of drug-likeness (QED) is 0.673. The van der Waals surface area contributed by atoms with Gasteiger partial charge in [0.15, 0.2) is 6.10 Å². The number of hydrogen-bond acceptors (Lipinski definition) is 5. The Hall–Kier alpha value is -1.59. The van der Waals surface area contributed by atoms with E-state index in [1.807, 2.05) is 0 Å². The molecule has 0 unspecified atom stereocenters. The maximum Gasteiger partial charge on any atom is 0.325 e. The maximum atomic E-state index is 11.4. The summed E-state index contributed by atoms with van der Waals surface area (Å²) in [5.74, 6) is -1.34. The Morgan fingerprint density at radius 2 is 2.25 bits per heavy atom. The van der Waals surface area contributed by atoms with Crippen molar-refractivity contribution in [2.24, 2.45) is 0 Å². The highest BCUT2D eigenvalue weighted by atomic mass is 16.6. The second kappa shape index (κ2) is 5.48. The Kier molecular flexibility index (Phi) is 4.28. The molecule has 0 aliphatic carbocycles. The van der Waals surface area contributed by atoms with Crippen LogP contribution in [-0.4, -0.2) is 36.6 Å². The van der Waals surface area contributed by atoms with Gasteiger partial charge in [-0.25, -0.2) is 0 Å². The highest BCUT2D eigenvalue weighted by Gasteiger charge is 2.29. The van der Waals surface area contributed by atoms with Gasteiger partial charge in [0.1, 0.15) is 6.54 Å². The number of ether oxygens (including phenoxy) is 2. The number of cyclic esters (lactones) is 1. The topological polar surface area (TPSA) is 81.7 Å². The molecule has 0 spiro atoms. The number of carbonyl (C=O) groups excluding carboxylic acids is 3. The molecule has 1 rings (SSSR count). The Balaban J connectivity index is 2.25. The minimum Gasteiger partial charge on any atom is -0.462 e. The largest absolute Gasteiger partial charge is 0.462 e. The number of esters is 2. The normalized spacial score (nSPS) is 19.4. The first kappa shape index (κ1) is 12.5. The molecule has 16 heavy (non-hydrogen) atoms. The van der Waals surface area contributed by atoms with Crippen molar-refractivity contribution in [2.45, 2.75) is 38.9 Å². The van der Waals surface area contributed by atoms with Gasteiger partial charge >= 0.3 is 11.9 Å². The second-order valence-electron chi connectivity index (χ2n) is 3.77. The molecule has 1 aliphatic rings. The maximum absolute atomic E-state index is 11.4. The number of nitrogens with one attached hydrogen (secondary N) is 1. The van der Waals surface area contributed by atoms with E-state index in [0.717, 1.165) is 0 Å². The smallest absolute Gasteiger partial charge is 0.325 e. The van der Waals surface area contributed by atoms with Crippen LogP contribution in [0.25, 0.3) is 0 Å². The number of amides is 1. The molecule has 0 aromatic rings. The molecule has 1 heterocycles. The molecule has 0 aromatic heterocycles. The summed E-state index contributed by atoms with van der Waals surface area (Å²) >= 11 is 0. The summed E-state index contributed by atoms with van der Waals surface area (Å²) in [5, 5.41) is 2.36. The van der Waals surface area contributed by atoms with Crippen molar-refractivity contribution in [3.8, 4) is 0 Å². The predicted octanol–water partition coefficient (Wildman–Crippen LogP) is -0.240. The zero-order valence-electron chi connectivity index (χ0n) is 9.32. The van der Waals surface area contributed by atoms with Crippen molar-refractivity contribution >= 4 is 17.8 Å². The lowest BCUT2D eigenvalue weighted by molar-refractivity contribution is -0.150.